The van der Waals surface area contributed by atoms with Gasteiger partial charge in [-0.1, -0.05) is 46.8 Å². The summed E-state index contributed by atoms with van der Waals surface area (Å²) in [6, 6.07) is -0.479. The molecule has 7 N–H and O–H groups in total. The monoisotopic (exact) mass is 897 g/mol. The van der Waals surface area contributed by atoms with Gasteiger partial charge in [-0.05, 0) is 60.4 Å². The van der Waals surface area contributed by atoms with E-state index in [2.05, 4.69) is 69.1 Å². The van der Waals surface area contributed by atoms with Crippen LogP contribution in [0.25, 0.3) is 22.3 Å². The molecule has 1 spiro atoms. The highest BCUT2D eigenvalue weighted by Gasteiger charge is 2.77. The molecule has 25 heteroatoms. The van der Waals surface area contributed by atoms with Gasteiger partial charge in [0, 0.05) is 5.41 Å². The fraction of sp³-hybridized carbons (Fsp3) is 0.727. The lowest BCUT2D eigenvalue weighted by molar-refractivity contribution is -0.0420. The van der Waals surface area contributed by atoms with Gasteiger partial charge in [0.1, 0.15) is 23.6 Å². The molecular formula is C33H53N11O9P2SSi2. The minimum absolute atomic E-state index is 0.0644. The number of nitrogen functional groups attached to an aromatic ring is 2. The first kappa shape index (κ1) is 42.2. The lowest BCUT2D eigenvalue weighted by atomic mass is 10.0. The first-order valence-electron chi connectivity index (χ1n) is 19.2. The van der Waals surface area contributed by atoms with Crippen molar-refractivity contribution in [2.24, 2.45) is 11.3 Å². The fourth-order valence-electron chi connectivity index (χ4n) is 8.40. The first-order chi connectivity index (χ1) is 26.7. The third kappa shape index (κ3) is 6.59. The van der Waals surface area contributed by atoms with Crippen LogP contribution < -0.4 is 17.0 Å². The average Bonchev–Trinajstić information content (AvgIpc) is 3.45. The summed E-state index contributed by atoms with van der Waals surface area (Å²) in [5.41, 5.74) is 8.99. The lowest BCUT2D eigenvalue weighted by Crippen LogP contribution is -2.50. The minimum Gasteiger partial charge on any atom is -0.411 e. The van der Waals surface area contributed by atoms with Crippen LogP contribution in [0.2, 0.25) is 36.3 Å². The van der Waals surface area contributed by atoms with Crippen molar-refractivity contribution in [3.05, 3.63) is 23.0 Å². The Morgan fingerprint density at radius 1 is 0.983 bits per heavy atom. The molecule has 0 amide bonds. The maximum absolute atomic E-state index is 15.2. The number of nitrogens with two attached hydrogens (primary N) is 2. The van der Waals surface area contributed by atoms with Crippen LogP contribution in [-0.4, -0.2) is 114 Å². The normalized spacial score (nSPS) is 35.9. The van der Waals surface area contributed by atoms with E-state index in [1.165, 1.54) is 6.33 Å². The molecule has 4 fully saturated rings. The first-order valence-corrected chi connectivity index (χ1v) is 29.4. The van der Waals surface area contributed by atoms with Gasteiger partial charge in [-0.2, -0.15) is 9.67 Å². The van der Waals surface area contributed by atoms with Crippen molar-refractivity contribution in [2.75, 3.05) is 24.7 Å². The maximum atomic E-state index is 15.2. The van der Waals surface area contributed by atoms with Crippen LogP contribution >= 0.6 is 14.1 Å². The number of H-pyrrole nitrogens is 1. The molecule has 20 nitrogen and oxygen atoms in total. The number of nitrogens with one attached hydrogen (secondary N) is 1. The number of ether oxygens (including phenoxy) is 1. The fourth-order valence-corrected chi connectivity index (χ4v) is 16.3. The molecule has 8 rings (SSSR count). The third-order valence-electron chi connectivity index (χ3n) is 13.6. The Labute approximate surface area is 342 Å². The summed E-state index contributed by atoms with van der Waals surface area (Å²) in [5, 5.41) is 7.61. The number of nitrogens with zero attached hydrogens (tertiary/aromatic N) is 8. The molecule has 4 aromatic heterocycles. The largest absolute Gasteiger partial charge is 0.411 e. The SMILES string of the molecule is CC(C)(C)[Si](C)(C)OC1[C@@H]2[C@H](n3nnc4c(=O)[nH]c(N)nc43)O[C@@H]1COP(O)(=S)[C@H]1C(O[Si](C)(C)C(C)(C)C)[C@H](n3cnc4c(N)ncnc43)[C@H]3CC31COP2(=O)O. The van der Waals surface area contributed by atoms with Crippen molar-refractivity contribution in [3.63, 3.8) is 0 Å². The number of fused-ring (bicyclic) bond motifs is 4. The summed E-state index contributed by atoms with van der Waals surface area (Å²) in [7, 11) is -10.2. The number of hydrogen-bond acceptors (Lipinski definition) is 16. The van der Waals surface area contributed by atoms with Crippen molar-refractivity contribution < 1.29 is 37.0 Å². The standard InChI is InChI=1S/C33H53N11O9P2SSi2/c1-31(2,3)57(7,8)52-21-17-12-49-55(48,56)24-22(53-58(9,10)32(4,5)6)20(43-15-38-18-25(34)36-14-37-26(18)43)16-11-33(16,24)13-50-54(46,47)23(21)29(51-17)44-27-19(41-42-44)28(45)40-30(35)39-27/h14-17,20-24,29H,11-13H2,1-10H3,(H,46,47)(H,48,56)(H2,34,36,37)(H3,35,39,40,45)/t16-,17-,20-,21?,22?,23-,24+,29-,33?,55?/m1/s1. The van der Waals surface area contributed by atoms with Gasteiger partial charge >= 0.3 is 7.60 Å². The van der Waals surface area contributed by atoms with Crippen molar-refractivity contribution in [1.82, 2.24) is 44.5 Å². The van der Waals surface area contributed by atoms with Crippen LogP contribution in [0, 0.1) is 11.3 Å². The zero-order chi connectivity index (χ0) is 42.3. The van der Waals surface area contributed by atoms with E-state index in [9.17, 15) is 14.6 Å². The average molecular weight is 898 g/mol. The van der Waals surface area contributed by atoms with Gasteiger partial charge in [-0.15, -0.1) is 5.10 Å². The number of anilines is 2. The zero-order valence-corrected chi connectivity index (χ0v) is 38.8. The molecule has 4 aromatic rings. The Hall–Kier alpha value is -2.54. The predicted octanol–water partition coefficient (Wildman–Crippen LogP) is 4.03. The molecule has 6 heterocycles. The highest BCUT2D eigenvalue weighted by molar-refractivity contribution is 8.09. The molecular weight excluding hydrogens is 845 g/mol. The summed E-state index contributed by atoms with van der Waals surface area (Å²) < 4.78 is 52.0. The van der Waals surface area contributed by atoms with E-state index in [-0.39, 0.29) is 52.1 Å². The molecule has 2 bridgehead atoms. The second-order valence-electron chi connectivity index (χ2n) is 19.2. The zero-order valence-electron chi connectivity index (χ0n) is 34.2. The number of aromatic nitrogens is 9. The number of aromatic amines is 1. The van der Waals surface area contributed by atoms with Gasteiger partial charge in [0.25, 0.3) is 5.56 Å². The minimum atomic E-state index is -4.81. The van der Waals surface area contributed by atoms with E-state index in [1.807, 2.05) is 38.4 Å². The smallest absolute Gasteiger partial charge is 0.338 e. The molecule has 0 aromatic carbocycles. The van der Waals surface area contributed by atoms with Crippen LogP contribution in [0.1, 0.15) is 60.2 Å². The number of hydrogen-bond donors (Lipinski definition) is 5. The van der Waals surface area contributed by atoms with Gasteiger partial charge in [0.2, 0.25) is 5.95 Å². The Kier molecular flexibility index (Phi) is 9.80. The Bertz CT molecular complexity index is 2460. The molecule has 11 atom stereocenters. The van der Waals surface area contributed by atoms with Crippen molar-refractivity contribution >= 4 is 76.6 Å². The third-order valence-corrected chi connectivity index (χ3v) is 27.4. The molecule has 0 radical (unpaired) electrons. The van der Waals surface area contributed by atoms with Crippen molar-refractivity contribution in [3.8, 4) is 0 Å². The molecule has 5 unspecified atom stereocenters. The Morgan fingerprint density at radius 3 is 2.29 bits per heavy atom. The second-order valence-corrected chi connectivity index (χ2v) is 34.2. The van der Waals surface area contributed by atoms with Gasteiger partial charge in [-0.3, -0.25) is 14.3 Å². The second kappa shape index (κ2) is 13.5. The number of imidazole rings is 1. The summed E-state index contributed by atoms with van der Waals surface area (Å²) in [5.74, 6) is -0.258. The molecule has 2 saturated heterocycles. The van der Waals surface area contributed by atoms with E-state index >= 15 is 4.57 Å². The van der Waals surface area contributed by atoms with Gasteiger partial charge in [0.05, 0.1) is 43.4 Å². The highest BCUT2D eigenvalue weighted by Crippen LogP contribution is 2.79. The highest BCUT2D eigenvalue weighted by atomic mass is 32.5. The van der Waals surface area contributed by atoms with Gasteiger partial charge in [-0.25, -0.2) is 15.0 Å². The summed E-state index contributed by atoms with van der Waals surface area (Å²) in [6.07, 6.45) is -0.810. The van der Waals surface area contributed by atoms with Crippen molar-refractivity contribution in [2.45, 2.75) is 126 Å². The van der Waals surface area contributed by atoms with Crippen LogP contribution in [0.5, 0.6) is 0 Å². The van der Waals surface area contributed by atoms with Gasteiger partial charge in [0.15, 0.2) is 52.0 Å². The molecule has 4 aliphatic rings. The van der Waals surface area contributed by atoms with E-state index in [0.29, 0.717) is 17.6 Å². The van der Waals surface area contributed by atoms with Crippen LogP contribution in [-0.2, 0) is 39.0 Å². The maximum Gasteiger partial charge on any atom is 0.338 e. The van der Waals surface area contributed by atoms with E-state index in [1.54, 1.807) is 6.33 Å². The predicted molar refractivity (Wildman–Crippen MR) is 224 cm³/mol. The van der Waals surface area contributed by atoms with E-state index in [4.69, 9.17) is 45.9 Å². The summed E-state index contributed by atoms with van der Waals surface area (Å²) >= 11 is 6.21. The van der Waals surface area contributed by atoms with Gasteiger partial charge < -0.3 is 48.5 Å². The molecule has 2 aliphatic carbocycles. The number of rotatable bonds is 6. The molecule has 2 saturated carbocycles. The van der Waals surface area contributed by atoms with E-state index < -0.39 is 83.6 Å². The summed E-state index contributed by atoms with van der Waals surface area (Å²) in [6.45, 7) is 16.3. The Balaban J connectivity index is 1.27. The van der Waals surface area contributed by atoms with Crippen LogP contribution in [0.4, 0.5) is 11.8 Å². The molecule has 58 heavy (non-hydrogen) atoms. The molecule has 318 valence electrons. The Morgan fingerprint density at radius 2 is 1.64 bits per heavy atom. The van der Waals surface area contributed by atoms with E-state index in [0.717, 1.165) is 4.68 Å². The van der Waals surface area contributed by atoms with Crippen molar-refractivity contribution in [1.29, 1.82) is 0 Å². The van der Waals surface area contributed by atoms with Crippen LogP contribution in [0.3, 0.4) is 0 Å². The topological polar surface area (TPSA) is 276 Å². The lowest BCUT2D eigenvalue weighted by Gasteiger charge is -2.44. The summed E-state index contributed by atoms with van der Waals surface area (Å²) in [4.78, 5) is 57.8. The molecule has 2 aliphatic heterocycles. The van der Waals surface area contributed by atoms with Crippen LogP contribution in [0.15, 0.2) is 17.4 Å². The quantitative estimate of drug-likeness (QED) is 0.135.